The Balaban J connectivity index is 2.26. The first-order valence-corrected chi connectivity index (χ1v) is 6.66. The molecule has 0 radical (unpaired) electrons. The van der Waals surface area contributed by atoms with Crippen LogP contribution >= 0.6 is 0 Å². The Morgan fingerprint density at radius 2 is 1.78 bits per heavy atom. The van der Waals surface area contributed by atoms with Gasteiger partial charge >= 0.3 is 0 Å². The number of carbonyl (C=O) groups excluding carboxylic acids is 2. The van der Waals surface area contributed by atoms with Crippen LogP contribution in [0.5, 0.6) is 5.75 Å². The van der Waals surface area contributed by atoms with Gasteiger partial charge in [0.2, 0.25) is 17.8 Å². The van der Waals surface area contributed by atoms with Gasteiger partial charge in [-0.15, -0.1) is 0 Å². The third kappa shape index (κ3) is 4.37. The van der Waals surface area contributed by atoms with Gasteiger partial charge in [0.05, 0.1) is 5.69 Å². The number of carbonyl (C=O) groups is 2. The van der Waals surface area contributed by atoms with E-state index in [4.69, 9.17) is 16.2 Å². The van der Waals surface area contributed by atoms with Crippen molar-refractivity contribution in [3.05, 3.63) is 29.6 Å². The van der Waals surface area contributed by atoms with Gasteiger partial charge in [0.1, 0.15) is 12.4 Å². The predicted molar refractivity (Wildman–Crippen MR) is 83.7 cm³/mol. The monoisotopic (exact) mass is 316 g/mol. The Hall–Kier alpha value is -3.23. The highest BCUT2D eigenvalue weighted by molar-refractivity contribution is 5.96. The van der Waals surface area contributed by atoms with Gasteiger partial charge in [-0.2, -0.15) is 15.0 Å². The minimum Gasteiger partial charge on any atom is -0.483 e. The van der Waals surface area contributed by atoms with E-state index in [1.165, 1.54) is 19.9 Å². The lowest BCUT2D eigenvalue weighted by Crippen LogP contribution is -2.11. The van der Waals surface area contributed by atoms with Crippen molar-refractivity contribution in [2.75, 3.05) is 16.8 Å². The average molecular weight is 316 g/mol. The molecule has 1 amide bonds. The van der Waals surface area contributed by atoms with E-state index in [0.717, 1.165) is 0 Å². The largest absolute Gasteiger partial charge is 0.483 e. The number of hydrogen-bond acceptors (Lipinski definition) is 8. The van der Waals surface area contributed by atoms with Crippen LogP contribution in [0.1, 0.15) is 30.0 Å². The van der Waals surface area contributed by atoms with Crippen molar-refractivity contribution in [2.24, 2.45) is 0 Å². The molecule has 1 aromatic heterocycles. The van der Waals surface area contributed by atoms with Gasteiger partial charge in [-0.05, 0) is 25.1 Å². The zero-order chi connectivity index (χ0) is 17.0. The second-order valence-corrected chi connectivity index (χ2v) is 4.71. The van der Waals surface area contributed by atoms with E-state index in [1.807, 2.05) is 0 Å². The highest BCUT2D eigenvalue weighted by atomic mass is 16.5. The third-order valence-corrected chi connectivity index (χ3v) is 2.77. The summed E-state index contributed by atoms with van der Waals surface area (Å²) in [6.07, 6.45) is 0. The minimum atomic E-state index is -0.265. The van der Waals surface area contributed by atoms with E-state index in [1.54, 1.807) is 12.1 Å². The van der Waals surface area contributed by atoms with Crippen LogP contribution in [0.2, 0.25) is 0 Å². The number of benzene rings is 1. The van der Waals surface area contributed by atoms with Gasteiger partial charge in [0, 0.05) is 12.5 Å². The molecule has 1 aromatic carbocycles. The zero-order valence-electron chi connectivity index (χ0n) is 12.7. The molecule has 5 N–H and O–H groups in total. The number of ketones is 1. The standard InChI is InChI=1S/C14H16N6O3/c1-7(21)9-3-4-10(17-8(2)22)11(5-9)23-6-12-18-13(15)20-14(16)19-12/h3-5H,6H2,1-2H3,(H,17,22)(H4,15,16,18,19,20). The van der Waals surface area contributed by atoms with Crippen LogP contribution in [0.15, 0.2) is 18.2 Å². The Morgan fingerprint density at radius 1 is 1.13 bits per heavy atom. The first-order chi connectivity index (χ1) is 10.8. The number of nitrogens with two attached hydrogens (primary N) is 2. The molecule has 2 rings (SSSR count). The fourth-order valence-electron chi connectivity index (χ4n) is 1.82. The molecule has 23 heavy (non-hydrogen) atoms. The van der Waals surface area contributed by atoms with E-state index in [9.17, 15) is 9.59 Å². The fourth-order valence-corrected chi connectivity index (χ4v) is 1.82. The predicted octanol–water partition coefficient (Wildman–Crippen LogP) is 0.776. The van der Waals surface area contributed by atoms with Gasteiger partial charge in [0.25, 0.3) is 0 Å². The second-order valence-electron chi connectivity index (χ2n) is 4.71. The van der Waals surface area contributed by atoms with Gasteiger partial charge in [-0.25, -0.2) is 0 Å². The van der Waals surface area contributed by atoms with Crippen LogP contribution in [0.25, 0.3) is 0 Å². The van der Waals surface area contributed by atoms with Crippen LogP contribution in [-0.2, 0) is 11.4 Å². The topological polar surface area (TPSA) is 146 Å². The van der Waals surface area contributed by atoms with Gasteiger partial charge in [-0.1, -0.05) is 0 Å². The summed E-state index contributed by atoms with van der Waals surface area (Å²) in [5, 5.41) is 2.62. The number of Topliss-reactive ketones (excluding diaryl/α,β-unsaturated/α-hetero) is 1. The summed E-state index contributed by atoms with van der Waals surface area (Å²) in [4.78, 5) is 34.2. The molecule has 0 spiro atoms. The quantitative estimate of drug-likeness (QED) is 0.686. The van der Waals surface area contributed by atoms with E-state index in [2.05, 4.69) is 20.3 Å². The first kappa shape index (κ1) is 16.1. The lowest BCUT2D eigenvalue weighted by molar-refractivity contribution is -0.114. The second kappa shape index (κ2) is 6.69. The summed E-state index contributed by atoms with van der Waals surface area (Å²) in [6.45, 7) is 2.76. The van der Waals surface area contributed by atoms with Gasteiger partial charge in [-0.3, -0.25) is 9.59 Å². The molecular weight excluding hydrogens is 300 g/mol. The molecule has 0 saturated heterocycles. The van der Waals surface area contributed by atoms with Crippen molar-refractivity contribution in [1.29, 1.82) is 0 Å². The molecule has 9 heteroatoms. The number of nitrogens with one attached hydrogen (secondary N) is 1. The third-order valence-electron chi connectivity index (χ3n) is 2.77. The Morgan fingerprint density at radius 3 is 2.35 bits per heavy atom. The van der Waals surface area contributed by atoms with Crippen LogP contribution in [-0.4, -0.2) is 26.6 Å². The molecule has 0 saturated carbocycles. The van der Waals surface area contributed by atoms with Crippen LogP contribution in [0.4, 0.5) is 17.6 Å². The van der Waals surface area contributed by atoms with Gasteiger partial charge < -0.3 is 21.5 Å². The first-order valence-electron chi connectivity index (χ1n) is 6.66. The number of amides is 1. The number of hydrogen-bond donors (Lipinski definition) is 3. The summed E-state index contributed by atoms with van der Waals surface area (Å²) in [6, 6.07) is 4.71. The van der Waals surface area contributed by atoms with Crippen molar-refractivity contribution in [2.45, 2.75) is 20.5 Å². The maximum atomic E-state index is 11.5. The smallest absolute Gasteiger partial charge is 0.225 e. The highest BCUT2D eigenvalue weighted by Crippen LogP contribution is 2.27. The number of ether oxygens (including phenoxy) is 1. The van der Waals surface area contributed by atoms with E-state index < -0.39 is 0 Å². The Bertz CT molecular complexity index is 742. The van der Waals surface area contributed by atoms with Crippen molar-refractivity contribution in [3.8, 4) is 5.75 Å². The molecule has 0 fully saturated rings. The van der Waals surface area contributed by atoms with Crippen molar-refractivity contribution < 1.29 is 14.3 Å². The maximum Gasteiger partial charge on any atom is 0.225 e. The van der Waals surface area contributed by atoms with Crippen LogP contribution < -0.4 is 21.5 Å². The number of nitrogen functional groups attached to an aromatic ring is 2. The molecule has 2 aromatic rings. The molecule has 0 bridgehead atoms. The molecular formula is C14H16N6O3. The summed E-state index contributed by atoms with van der Waals surface area (Å²) in [7, 11) is 0. The number of aromatic nitrogens is 3. The van der Waals surface area contributed by atoms with Crippen LogP contribution in [0, 0.1) is 0 Å². The van der Waals surface area contributed by atoms with Crippen LogP contribution in [0.3, 0.4) is 0 Å². The maximum absolute atomic E-state index is 11.5. The summed E-state index contributed by atoms with van der Waals surface area (Å²) >= 11 is 0. The van der Waals surface area contributed by atoms with E-state index >= 15 is 0 Å². The van der Waals surface area contributed by atoms with Gasteiger partial charge in [0.15, 0.2) is 11.6 Å². The van der Waals surface area contributed by atoms with Crippen molar-refractivity contribution >= 4 is 29.3 Å². The summed E-state index contributed by atoms with van der Waals surface area (Å²) in [5.41, 5.74) is 11.9. The van der Waals surface area contributed by atoms with E-state index in [-0.39, 0.29) is 36.0 Å². The molecule has 0 aliphatic heterocycles. The lowest BCUT2D eigenvalue weighted by Gasteiger charge is -2.12. The average Bonchev–Trinajstić information content (AvgIpc) is 2.44. The normalized spacial score (nSPS) is 10.2. The molecule has 9 nitrogen and oxygen atoms in total. The molecule has 0 unspecified atom stereocenters. The Kier molecular flexibility index (Phi) is 4.69. The molecule has 120 valence electrons. The number of anilines is 3. The molecule has 0 atom stereocenters. The summed E-state index contributed by atoms with van der Waals surface area (Å²) < 4.78 is 5.59. The lowest BCUT2D eigenvalue weighted by atomic mass is 10.1. The number of nitrogens with zero attached hydrogens (tertiary/aromatic N) is 3. The van der Waals surface area contributed by atoms with Crippen molar-refractivity contribution in [3.63, 3.8) is 0 Å². The SMILES string of the molecule is CC(=O)Nc1ccc(C(C)=O)cc1OCc1nc(N)nc(N)n1. The Labute approximate surface area is 132 Å². The van der Waals surface area contributed by atoms with Crippen molar-refractivity contribution in [1.82, 2.24) is 15.0 Å². The highest BCUT2D eigenvalue weighted by Gasteiger charge is 2.11. The fraction of sp³-hybridized carbons (Fsp3) is 0.214. The number of rotatable bonds is 5. The van der Waals surface area contributed by atoms with E-state index in [0.29, 0.717) is 17.0 Å². The molecule has 1 heterocycles. The molecule has 0 aliphatic rings. The summed E-state index contributed by atoms with van der Waals surface area (Å²) in [5.74, 6) is 0.116. The molecule has 0 aliphatic carbocycles. The zero-order valence-corrected chi connectivity index (χ0v) is 12.7. The minimum absolute atomic E-state index is 0.0179.